The van der Waals surface area contributed by atoms with Crippen molar-refractivity contribution in [3.63, 3.8) is 0 Å². The number of benzene rings is 3. The summed E-state index contributed by atoms with van der Waals surface area (Å²) in [4.78, 5) is 17.1. The number of anilines is 1. The van der Waals surface area contributed by atoms with E-state index >= 15 is 0 Å². The van der Waals surface area contributed by atoms with Crippen molar-refractivity contribution in [3.05, 3.63) is 95.5 Å². The second-order valence-electron chi connectivity index (χ2n) is 6.49. The van der Waals surface area contributed by atoms with E-state index in [0.717, 1.165) is 21.9 Å². The Kier molecular flexibility index (Phi) is 6.06. The van der Waals surface area contributed by atoms with Crippen LogP contribution in [0.1, 0.15) is 16.1 Å². The van der Waals surface area contributed by atoms with Crippen molar-refractivity contribution >= 4 is 22.9 Å². The first-order valence-corrected chi connectivity index (χ1v) is 10.3. The molecule has 0 fully saturated rings. The maximum atomic E-state index is 12.6. The lowest BCUT2D eigenvalue weighted by Crippen LogP contribution is -2.12. The molecule has 0 radical (unpaired) electrons. The van der Waals surface area contributed by atoms with Crippen LogP contribution in [0.2, 0.25) is 0 Å². The maximum Gasteiger partial charge on any atom is 0.275 e. The molecule has 0 saturated heterocycles. The van der Waals surface area contributed by atoms with Crippen LogP contribution < -0.4 is 14.8 Å². The molecule has 0 saturated carbocycles. The summed E-state index contributed by atoms with van der Waals surface area (Å²) >= 11 is 1.41. The molecule has 4 aromatic rings. The van der Waals surface area contributed by atoms with Gasteiger partial charge in [0.2, 0.25) is 0 Å². The third-order valence-electron chi connectivity index (χ3n) is 4.42. The lowest BCUT2D eigenvalue weighted by Gasteiger charge is -2.10. The second kappa shape index (κ2) is 9.24. The summed E-state index contributed by atoms with van der Waals surface area (Å²) in [5, 5.41) is 5.33. The fourth-order valence-corrected chi connectivity index (χ4v) is 3.73. The van der Waals surface area contributed by atoms with Crippen LogP contribution in [0.4, 0.5) is 5.69 Å². The number of rotatable bonds is 7. The molecular weight excluding hydrogens is 396 g/mol. The summed E-state index contributed by atoms with van der Waals surface area (Å²) in [6.45, 7) is 0.465. The first-order chi connectivity index (χ1) is 14.7. The Balaban J connectivity index is 1.50. The molecule has 1 aromatic heterocycles. The zero-order valence-corrected chi connectivity index (χ0v) is 17.2. The number of carbonyl (C=O) groups is 1. The van der Waals surface area contributed by atoms with E-state index in [-0.39, 0.29) is 5.91 Å². The van der Waals surface area contributed by atoms with Crippen molar-refractivity contribution in [1.82, 2.24) is 4.98 Å². The molecule has 0 aliphatic carbocycles. The van der Waals surface area contributed by atoms with Crippen LogP contribution in [0.5, 0.6) is 11.5 Å². The number of thiazole rings is 1. The van der Waals surface area contributed by atoms with Crippen LogP contribution in [-0.2, 0) is 6.61 Å². The van der Waals surface area contributed by atoms with E-state index in [1.807, 2.05) is 66.7 Å². The van der Waals surface area contributed by atoms with Crippen LogP contribution in [-0.4, -0.2) is 18.0 Å². The maximum absolute atomic E-state index is 12.6. The molecule has 5 nitrogen and oxygen atoms in total. The molecule has 0 atom stereocenters. The van der Waals surface area contributed by atoms with E-state index in [2.05, 4.69) is 10.3 Å². The van der Waals surface area contributed by atoms with Crippen molar-refractivity contribution in [3.8, 4) is 22.1 Å². The molecule has 1 amide bonds. The zero-order valence-electron chi connectivity index (χ0n) is 16.4. The van der Waals surface area contributed by atoms with E-state index < -0.39 is 0 Å². The summed E-state index contributed by atoms with van der Waals surface area (Å²) in [5.41, 5.74) is 2.96. The second-order valence-corrected chi connectivity index (χ2v) is 7.35. The number of amides is 1. The highest BCUT2D eigenvalue weighted by Crippen LogP contribution is 2.33. The van der Waals surface area contributed by atoms with Crippen molar-refractivity contribution in [2.45, 2.75) is 6.61 Å². The van der Waals surface area contributed by atoms with E-state index in [1.165, 1.54) is 11.3 Å². The normalized spacial score (nSPS) is 10.4. The van der Waals surface area contributed by atoms with Crippen molar-refractivity contribution in [1.29, 1.82) is 0 Å². The largest absolute Gasteiger partial charge is 0.497 e. The minimum absolute atomic E-state index is 0.270. The third kappa shape index (κ3) is 4.67. The fourth-order valence-electron chi connectivity index (χ4n) is 2.90. The Morgan fingerprint density at radius 2 is 1.80 bits per heavy atom. The quantitative estimate of drug-likeness (QED) is 0.423. The predicted molar refractivity (Wildman–Crippen MR) is 119 cm³/mol. The number of aromatic nitrogens is 1. The number of carbonyl (C=O) groups excluding carboxylic acids is 1. The molecule has 4 rings (SSSR count). The van der Waals surface area contributed by atoms with Gasteiger partial charge in [-0.15, -0.1) is 11.3 Å². The molecule has 6 heteroatoms. The molecule has 0 bridgehead atoms. The van der Waals surface area contributed by atoms with Crippen LogP contribution >= 0.6 is 11.3 Å². The summed E-state index contributed by atoms with van der Waals surface area (Å²) in [5.74, 6) is 1.14. The van der Waals surface area contributed by atoms with Gasteiger partial charge in [-0.1, -0.05) is 48.5 Å². The number of nitrogens with one attached hydrogen (secondary N) is 1. The van der Waals surface area contributed by atoms with Gasteiger partial charge in [-0.2, -0.15) is 0 Å². The number of hydrogen-bond donors (Lipinski definition) is 1. The summed E-state index contributed by atoms with van der Waals surface area (Å²) < 4.78 is 11.2. The predicted octanol–water partition coefficient (Wildman–Crippen LogP) is 5.65. The monoisotopic (exact) mass is 416 g/mol. The molecule has 1 heterocycles. The Morgan fingerprint density at radius 3 is 2.63 bits per heavy atom. The van der Waals surface area contributed by atoms with Gasteiger partial charge in [0.25, 0.3) is 5.91 Å². The van der Waals surface area contributed by atoms with Gasteiger partial charge >= 0.3 is 0 Å². The molecule has 0 aliphatic heterocycles. The highest BCUT2D eigenvalue weighted by atomic mass is 32.1. The van der Waals surface area contributed by atoms with Gasteiger partial charge < -0.3 is 14.8 Å². The number of methoxy groups -OCH3 is 1. The average molecular weight is 417 g/mol. The van der Waals surface area contributed by atoms with Crippen LogP contribution in [0.15, 0.2) is 84.2 Å². The zero-order chi connectivity index (χ0) is 20.8. The lowest BCUT2D eigenvalue weighted by atomic mass is 10.2. The number of para-hydroxylation sites is 1. The average Bonchev–Trinajstić information content (AvgIpc) is 3.29. The highest BCUT2D eigenvalue weighted by molar-refractivity contribution is 7.13. The molecule has 0 spiro atoms. The smallest absolute Gasteiger partial charge is 0.275 e. The highest BCUT2D eigenvalue weighted by Gasteiger charge is 2.15. The van der Waals surface area contributed by atoms with Gasteiger partial charge in [-0.25, -0.2) is 4.98 Å². The molecule has 150 valence electrons. The van der Waals surface area contributed by atoms with E-state index in [0.29, 0.717) is 23.7 Å². The first-order valence-electron chi connectivity index (χ1n) is 9.40. The Bertz CT molecular complexity index is 1140. The molecular formula is C24H20N2O3S. The number of nitrogens with zero attached hydrogens (tertiary/aromatic N) is 1. The molecule has 30 heavy (non-hydrogen) atoms. The number of ether oxygens (including phenoxy) is 2. The van der Waals surface area contributed by atoms with Crippen LogP contribution in [0.25, 0.3) is 10.6 Å². The van der Waals surface area contributed by atoms with Crippen LogP contribution in [0, 0.1) is 0 Å². The van der Waals surface area contributed by atoms with Crippen molar-refractivity contribution < 1.29 is 14.3 Å². The molecule has 1 N–H and O–H groups in total. The summed E-state index contributed by atoms with van der Waals surface area (Å²) in [6, 6.07) is 24.9. The van der Waals surface area contributed by atoms with Gasteiger partial charge in [0, 0.05) is 17.1 Å². The van der Waals surface area contributed by atoms with Gasteiger partial charge in [-0.3, -0.25) is 4.79 Å². The molecule has 3 aromatic carbocycles. The van der Waals surface area contributed by atoms with E-state index in [1.54, 1.807) is 24.6 Å². The first kappa shape index (κ1) is 19.7. The van der Waals surface area contributed by atoms with Gasteiger partial charge in [-0.05, 0) is 29.8 Å². The minimum atomic E-state index is -0.270. The SMILES string of the molecule is COc1cccc(NC(=O)c2csc(-c3ccccc3OCc3ccccc3)n2)c1. The van der Waals surface area contributed by atoms with Gasteiger partial charge in [0.15, 0.2) is 0 Å². The Hall–Kier alpha value is -3.64. The Labute approximate surface area is 178 Å². The van der Waals surface area contributed by atoms with Crippen molar-refractivity contribution in [2.75, 3.05) is 12.4 Å². The van der Waals surface area contributed by atoms with E-state index in [9.17, 15) is 4.79 Å². The molecule has 0 aliphatic rings. The lowest BCUT2D eigenvalue weighted by molar-refractivity contribution is 0.102. The standard InChI is InChI=1S/C24H20N2O3S/c1-28-19-11-7-10-18(14-19)25-23(27)21-16-30-24(26-21)20-12-5-6-13-22(20)29-15-17-8-3-2-4-9-17/h2-14,16H,15H2,1H3,(H,25,27). The number of hydrogen-bond acceptors (Lipinski definition) is 5. The summed E-state index contributed by atoms with van der Waals surface area (Å²) in [7, 11) is 1.59. The fraction of sp³-hybridized carbons (Fsp3) is 0.0833. The van der Waals surface area contributed by atoms with Crippen LogP contribution in [0.3, 0.4) is 0 Å². The van der Waals surface area contributed by atoms with Gasteiger partial charge in [0.1, 0.15) is 28.8 Å². The minimum Gasteiger partial charge on any atom is -0.497 e. The Morgan fingerprint density at radius 1 is 1.00 bits per heavy atom. The molecule has 0 unspecified atom stereocenters. The topological polar surface area (TPSA) is 60.5 Å². The summed E-state index contributed by atoms with van der Waals surface area (Å²) in [6.07, 6.45) is 0. The van der Waals surface area contributed by atoms with Crippen molar-refractivity contribution in [2.24, 2.45) is 0 Å². The van der Waals surface area contributed by atoms with Gasteiger partial charge in [0.05, 0.1) is 12.7 Å². The third-order valence-corrected chi connectivity index (χ3v) is 5.29. The van der Waals surface area contributed by atoms with E-state index in [4.69, 9.17) is 9.47 Å².